The van der Waals surface area contributed by atoms with Crippen molar-refractivity contribution in [3.8, 4) is 5.75 Å². The van der Waals surface area contributed by atoms with Crippen LogP contribution in [0.15, 0.2) is 18.2 Å². The Morgan fingerprint density at radius 3 is 2.83 bits per heavy atom. The van der Waals surface area contributed by atoms with Gasteiger partial charge in [-0.25, -0.2) is 8.42 Å². The molecule has 7 heteroatoms. The highest BCUT2D eigenvalue weighted by molar-refractivity contribution is 7.67. The third kappa shape index (κ3) is 3.14. The zero-order valence-electron chi connectivity index (χ0n) is 9.88. The standard InChI is InChI=1S/C11H13ClO5S/c1-11(2)16-9-4-3-7(12)5-8(9)10(17-11)6-15-18(13)14/h3-5,10,18H,6H2,1-2H3/t10-/m1/s1. The predicted octanol–water partition coefficient (Wildman–Crippen LogP) is 2.07. The van der Waals surface area contributed by atoms with E-state index in [-0.39, 0.29) is 6.61 Å². The van der Waals surface area contributed by atoms with E-state index in [1.54, 1.807) is 32.0 Å². The van der Waals surface area contributed by atoms with E-state index in [0.29, 0.717) is 16.3 Å². The predicted molar refractivity (Wildman–Crippen MR) is 66.3 cm³/mol. The number of thiol groups is 1. The van der Waals surface area contributed by atoms with Gasteiger partial charge in [0, 0.05) is 24.4 Å². The molecule has 0 fully saturated rings. The fraction of sp³-hybridized carbons (Fsp3) is 0.455. The summed E-state index contributed by atoms with van der Waals surface area (Å²) in [6.07, 6.45) is -0.532. The highest BCUT2D eigenvalue weighted by Crippen LogP contribution is 2.39. The van der Waals surface area contributed by atoms with Gasteiger partial charge in [0.1, 0.15) is 11.9 Å². The van der Waals surface area contributed by atoms with Gasteiger partial charge in [0.15, 0.2) is 0 Å². The van der Waals surface area contributed by atoms with Crippen molar-refractivity contribution in [3.63, 3.8) is 0 Å². The Hall–Kier alpha value is -0.820. The molecule has 0 saturated heterocycles. The summed E-state index contributed by atoms with van der Waals surface area (Å²) in [5.74, 6) is -0.228. The molecule has 1 atom stereocenters. The van der Waals surface area contributed by atoms with Gasteiger partial charge in [0.25, 0.3) is 11.0 Å². The molecule has 0 bridgehead atoms. The molecule has 1 aromatic rings. The normalized spacial score (nSPS) is 21.4. The van der Waals surface area contributed by atoms with Crippen LogP contribution in [-0.2, 0) is 19.9 Å². The van der Waals surface area contributed by atoms with E-state index in [1.165, 1.54) is 0 Å². The van der Waals surface area contributed by atoms with Gasteiger partial charge in [-0.05, 0) is 18.2 Å². The van der Waals surface area contributed by atoms with Gasteiger partial charge in [-0.15, -0.1) is 0 Å². The van der Waals surface area contributed by atoms with E-state index in [4.69, 9.17) is 21.1 Å². The molecule has 0 unspecified atom stereocenters. The Balaban J connectivity index is 2.32. The number of benzene rings is 1. The van der Waals surface area contributed by atoms with Gasteiger partial charge in [-0.1, -0.05) is 11.6 Å². The first kappa shape index (κ1) is 13.6. The third-order valence-corrected chi connectivity index (χ3v) is 3.03. The van der Waals surface area contributed by atoms with Gasteiger partial charge in [-0.2, -0.15) is 0 Å². The van der Waals surface area contributed by atoms with Crippen LogP contribution in [0.25, 0.3) is 0 Å². The van der Waals surface area contributed by atoms with Crippen LogP contribution in [0, 0.1) is 0 Å². The van der Waals surface area contributed by atoms with Crippen molar-refractivity contribution < 1.29 is 22.1 Å². The largest absolute Gasteiger partial charge is 0.463 e. The van der Waals surface area contributed by atoms with Crippen LogP contribution in [0.5, 0.6) is 5.75 Å². The molecule has 1 aromatic carbocycles. The second kappa shape index (κ2) is 5.05. The van der Waals surface area contributed by atoms with Crippen LogP contribution in [0.1, 0.15) is 25.5 Å². The molecule has 100 valence electrons. The number of hydrogen-bond donors (Lipinski definition) is 1. The van der Waals surface area contributed by atoms with Gasteiger partial charge < -0.3 is 9.47 Å². The van der Waals surface area contributed by atoms with Gasteiger partial charge in [0.05, 0.1) is 6.61 Å². The third-order valence-electron chi connectivity index (χ3n) is 2.43. The quantitative estimate of drug-likeness (QED) is 0.864. The van der Waals surface area contributed by atoms with E-state index in [1.807, 2.05) is 0 Å². The van der Waals surface area contributed by atoms with Crippen LogP contribution in [0.3, 0.4) is 0 Å². The van der Waals surface area contributed by atoms with Crippen molar-refractivity contribution in [2.75, 3.05) is 6.61 Å². The Morgan fingerprint density at radius 1 is 1.44 bits per heavy atom. The summed E-state index contributed by atoms with van der Waals surface area (Å²) in [5.41, 5.74) is 0.679. The molecule has 0 radical (unpaired) electrons. The van der Waals surface area contributed by atoms with E-state index < -0.39 is 22.9 Å². The fourth-order valence-electron chi connectivity index (χ4n) is 1.81. The second-order valence-electron chi connectivity index (χ2n) is 4.31. The molecule has 0 amide bonds. The molecule has 5 nitrogen and oxygen atoms in total. The lowest BCUT2D eigenvalue weighted by atomic mass is 10.1. The molecular formula is C11H13ClO5S. The van der Waals surface area contributed by atoms with Gasteiger partial charge in [0.2, 0.25) is 5.79 Å². The first-order valence-electron chi connectivity index (χ1n) is 5.31. The van der Waals surface area contributed by atoms with E-state index in [2.05, 4.69) is 4.18 Å². The second-order valence-corrected chi connectivity index (χ2v) is 5.45. The molecule has 1 aliphatic heterocycles. The topological polar surface area (TPSA) is 61.8 Å². The minimum absolute atomic E-state index is 0.0984. The maximum absolute atomic E-state index is 10.5. The summed E-state index contributed by atoms with van der Waals surface area (Å²) in [6, 6.07) is 5.11. The summed E-state index contributed by atoms with van der Waals surface area (Å²) in [4.78, 5) is 0. The SMILES string of the molecule is CC1(C)Oc2ccc(Cl)cc2[C@@H](CO[SH](=O)=O)O1. The average molecular weight is 293 g/mol. The van der Waals surface area contributed by atoms with Crippen molar-refractivity contribution in [3.05, 3.63) is 28.8 Å². The van der Waals surface area contributed by atoms with E-state index in [9.17, 15) is 8.42 Å². The van der Waals surface area contributed by atoms with Crippen molar-refractivity contribution in [2.24, 2.45) is 0 Å². The highest BCUT2D eigenvalue weighted by atomic mass is 35.5. The Bertz CT molecular complexity index is 518. The number of rotatable bonds is 3. The fourth-order valence-corrected chi connectivity index (χ4v) is 2.25. The summed E-state index contributed by atoms with van der Waals surface area (Å²) in [5, 5.41) is 0.525. The Morgan fingerprint density at radius 2 is 2.17 bits per heavy atom. The molecule has 0 aromatic heterocycles. The smallest absolute Gasteiger partial charge is 0.257 e. The van der Waals surface area contributed by atoms with Gasteiger partial charge in [-0.3, -0.25) is 4.18 Å². The van der Waals surface area contributed by atoms with Crippen molar-refractivity contribution >= 4 is 22.6 Å². The lowest BCUT2D eigenvalue weighted by Crippen LogP contribution is -2.38. The zero-order valence-corrected chi connectivity index (χ0v) is 11.5. The number of halogens is 1. The molecule has 0 aliphatic carbocycles. The minimum Gasteiger partial charge on any atom is -0.463 e. The van der Waals surface area contributed by atoms with Crippen molar-refractivity contribution in [1.82, 2.24) is 0 Å². The molecule has 0 N–H and O–H groups in total. The molecule has 1 aliphatic rings. The first-order valence-corrected chi connectivity index (χ1v) is 6.78. The molecule has 0 saturated carbocycles. The van der Waals surface area contributed by atoms with Crippen LogP contribution in [-0.4, -0.2) is 20.8 Å². The minimum atomic E-state index is -2.91. The maximum atomic E-state index is 10.5. The highest BCUT2D eigenvalue weighted by Gasteiger charge is 2.34. The monoisotopic (exact) mass is 292 g/mol. The first-order chi connectivity index (χ1) is 8.37. The van der Waals surface area contributed by atoms with Crippen LogP contribution in [0.2, 0.25) is 5.02 Å². The zero-order chi connectivity index (χ0) is 13.3. The average Bonchev–Trinajstić information content (AvgIpc) is 2.26. The molecule has 18 heavy (non-hydrogen) atoms. The summed E-state index contributed by atoms with van der Waals surface area (Å²) in [6.45, 7) is 3.39. The molecule has 2 rings (SSSR count). The Kier molecular flexibility index (Phi) is 3.82. The Labute approximate surface area is 112 Å². The number of hydrogen-bond acceptors (Lipinski definition) is 5. The van der Waals surface area contributed by atoms with E-state index in [0.717, 1.165) is 0 Å². The summed E-state index contributed by atoms with van der Waals surface area (Å²) < 4.78 is 36.8. The summed E-state index contributed by atoms with van der Waals surface area (Å²) >= 11 is 5.90. The summed E-state index contributed by atoms with van der Waals surface area (Å²) in [7, 11) is -2.91. The molecule has 0 spiro atoms. The van der Waals surface area contributed by atoms with Crippen molar-refractivity contribution in [2.45, 2.75) is 25.7 Å². The van der Waals surface area contributed by atoms with Crippen molar-refractivity contribution in [1.29, 1.82) is 0 Å². The van der Waals surface area contributed by atoms with E-state index >= 15 is 0 Å². The lowest BCUT2D eigenvalue weighted by Gasteiger charge is -2.37. The number of ether oxygens (including phenoxy) is 2. The maximum Gasteiger partial charge on any atom is 0.257 e. The molecular weight excluding hydrogens is 280 g/mol. The van der Waals surface area contributed by atoms with Crippen LogP contribution < -0.4 is 4.74 Å². The van der Waals surface area contributed by atoms with Gasteiger partial charge >= 0.3 is 0 Å². The number of fused-ring (bicyclic) bond motifs is 1. The lowest BCUT2D eigenvalue weighted by molar-refractivity contribution is -0.212. The van der Waals surface area contributed by atoms with Crippen LogP contribution in [0.4, 0.5) is 0 Å². The van der Waals surface area contributed by atoms with Crippen LogP contribution >= 0.6 is 11.6 Å². The molecule has 1 heterocycles.